The minimum absolute atomic E-state index is 0.207. The van der Waals surface area contributed by atoms with E-state index in [0.717, 1.165) is 39.0 Å². The van der Waals surface area contributed by atoms with Crippen molar-refractivity contribution < 1.29 is 33.2 Å². The average molecular weight is 564 g/mol. The van der Waals surface area contributed by atoms with Crippen LogP contribution in [0.15, 0.2) is 24.3 Å². The lowest BCUT2D eigenvalue weighted by atomic mass is 10.1. The molecular weight excluding hydrogens is 514 g/mol. The zero-order chi connectivity index (χ0) is 28.4. The molecule has 0 aromatic heterocycles. The summed E-state index contributed by atoms with van der Waals surface area (Å²) in [5, 5.41) is 6.31. The van der Waals surface area contributed by atoms with Gasteiger partial charge in [0.2, 0.25) is 5.79 Å². The third kappa shape index (κ3) is 8.53. The average Bonchev–Trinajstić information content (AvgIpc) is 3.60. The van der Waals surface area contributed by atoms with Gasteiger partial charge in [-0.25, -0.2) is 4.79 Å². The molecule has 0 aliphatic carbocycles. The molecule has 1 aromatic rings. The van der Waals surface area contributed by atoms with Crippen molar-refractivity contribution in [3.8, 4) is 5.75 Å². The van der Waals surface area contributed by atoms with Crippen LogP contribution < -0.4 is 15.4 Å². The van der Waals surface area contributed by atoms with E-state index in [-0.39, 0.29) is 6.61 Å². The van der Waals surface area contributed by atoms with Gasteiger partial charge >= 0.3 is 6.09 Å². The lowest BCUT2D eigenvalue weighted by Gasteiger charge is -2.29. The van der Waals surface area contributed by atoms with E-state index in [4.69, 9.17) is 28.4 Å². The zero-order valence-corrected chi connectivity index (χ0v) is 24.7. The van der Waals surface area contributed by atoms with Crippen molar-refractivity contribution in [3.63, 3.8) is 0 Å². The first-order valence-corrected chi connectivity index (χ1v) is 15.0. The summed E-state index contributed by atoms with van der Waals surface area (Å²) in [6.45, 7) is 11.3. The Morgan fingerprint density at radius 3 is 2.55 bits per heavy atom. The number of nitrogens with one attached hydrogen (secondary N) is 2. The number of ether oxygens (including phenoxy) is 6. The van der Waals surface area contributed by atoms with Crippen LogP contribution in [0.5, 0.6) is 5.75 Å². The molecule has 10 nitrogen and oxygen atoms in total. The smallest absolute Gasteiger partial charge is 0.412 e. The highest BCUT2D eigenvalue weighted by Crippen LogP contribution is 2.46. The van der Waals surface area contributed by atoms with Gasteiger partial charge in [-0.2, -0.15) is 0 Å². The standard InChI is InChI=1S/C30H49N3O7/c1-5-6-7-8-11-20-36-22-30-27(39-29(2,3)40-30)26(25(38-30)21-31-16-19-33-17-9-10-18-33)37-28(34)32-23-12-14-24(35-4)15-13-23/h12-15,25-27,31H,5-11,16-22H2,1-4H3,(H,32,34)/t25-,26+,27-,30-/m0/s1. The molecule has 226 valence electrons. The van der Waals surface area contributed by atoms with Gasteiger partial charge in [-0.05, 0) is 70.5 Å². The zero-order valence-electron chi connectivity index (χ0n) is 24.7. The molecule has 2 N–H and O–H groups in total. The van der Waals surface area contributed by atoms with Crippen LogP contribution in [0.3, 0.4) is 0 Å². The largest absolute Gasteiger partial charge is 0.497 e. The summed E-state index contributed by atoms with van der Waals surface area (Å²) in [7, 11) is 1.60. The van der Waals surface area contributed by atoms with Gasteiger partial charge in [-0.3, -0.25) is 5.32 Å². The van der Waals surface area contributed by atoms with Gasteiger partial charge in [0.25, 0.3) is 0 Å². The molecule has 1 amide bonds. The normalized spacial score (nSPS) is 27.6. The molecule has 0 radical (unpaired) electrons. The maximum absolute atomic E-state index is 13.0. The van der Waals surface area contributed by atoms with Gasteiger partial charge < -0.3 is 38.6 Å². The summed E-state index contributed by atoms with van der Waals surface area (Å²) in [4.78, 5) is 15.5. The molecule has 3 aliphatic rings. The summed E-state index contributed by atoms with van der Waals surface area (Å²) in [5.74, 6) is -1.35. The molecule has 40 heavy (non-hydrogen) atoms. The predicted molar refractivity (Wildman–Crippen MR) is 153 cm³/mol. The van der Waals surface area contributed by atoms with Crippen LogP contribution in [-0.2, 0) is 23.7 Å². The van der Waals surface area contributed by atoms with E-state index in [1.165, 1.54) is 32.1 Å². The molecule has 3 aliphatic heterocycles. The van der Waals surface area contributed by atoms with Crippen molar-refractivity contribution >= 4 is 11.8 Å². The molecule has 0 bridgehead atoms. The van der Waals surface area contributed by atoms with Crippen LogP contribution in [0.1, 0.15) is 65.7 Å². The van der Waals surface area contributed by atoms with Crippen LogP contribution in [0.2, 0.25) is 0 Å². The minimum atomic E-state index is -1.15. The second-order valence-corrected chi connectivity index (χ2v) is 11.5. The molecule has 3 saturated heterocycles. The lowest BCUT2D eigenvalue weighted by molar-refractivity contribution is -0.277. The van der Waals surface area contributed by atoms with Gasteiger partial charge in [-0.15, -0.1) is 0 Å². The van der Waals surface area contributed by atoms with E-state index in [0.29, 0.717) is 24.6 Å². The van der Waals surface area contributed by atoms with Crippen LogP contribution in [0.25, 0.3) is 0 Å². The highest BCUT2D eigenvalue weighted by molar-refractivity contribution is 5.84. The Morgan fingerprint density at radius 2 is 1.82 bits per heavy atom. The number of nitrogens with zero attached hydrogens (tertiary/aromatic N) is 1. The van der Waals surface area contributed by atoms with Crippen molar-refractivity contribution in [2.45, 2.75) is 95.6 Å². The molecule has 3 heterocycles. The number of amides is 1. The fourth-order valence-corrected chi connectivity index (χ4v) is 5.72. The van der Waals surface area contributed by atoms with Crippen LogP contribution in [-0.4, -0.2) is 93.9 Å². The summed E-state index contributed by atoms with van der Waals surface area (Å²) in [6.07, 6.45) is 5.94. The fourth-order valence-electron chi connectivity index (χ4n) is 5.72. The van der Waals surface area contributed by atoms with Crippen LogP contribution >= 0.6 is 0 Å². The van der Waals surface area contributed by atoms with Crippen molar-refractivity contribution in [2.75, 3.05) is 58.4 Å². The Hall–Kier alpha value is -1.95. The third-order valence-corrected chi connectivity index (χ3v) is 7.70. The minimum Gasteiger partial charge on any atom is -0.497 e. The summed E-state index contributed by atoms with van der Waals surface area (Å²) in [5.41, 5.74) is 0.603. The number of hydrogen-bond donors (Lipinski definition) is 2. The molecule has 0 saturated carbocycles. The number of unbranched alkanes of at least 4 members (excludes halogenated alkanes) is 4. The van der Waals surface area contributed by atoms with Crippen LogP contribution in [0, 0.1) is 0 Å². The molecule has 4 atom stereocenters. The highest BCUT2D eigenvalue weighted by atomic mass is 16.9. The monoisotopic (exact) mass is 563 g/mol. The van der Waals surface area contributed by atoms with Gasteiger partial charge in [0.05, 0.1) is 7.11 Å². The van der Waals surface area contributed by atoms with E-state index in [1.807, 2.05) is 13.8 Å². The van der Waals surface area contributed by atoms with Crippen molar-refractivity contribution in [3.05, 3.63) is 24.3 Å². The molecular formula is C30H49N3O7. The Morgan fingerprint density at radius 1 is 1.07 bits per heavy atom. The number of carbonyl (C=O) groups is 1. The SMILES string of the molecule is CCCCCCCOC[C@@]12O[C@@H](CNCCN3CCCC3)[C@@H](OC(=O)Nc3ccc(OC)cc3)[C@@H]1OC(C)(C)O2. The Balaban J connectivity index is 1.40. The molecule has 10 heteroatoms. The maximum atomic E-state index is 13.0. The molecule has 1 aromatic carbocycles. The summed E-state index contributed by atoms with van der Waals surface area (Å²) >= 11 is 0. The number of methoxy groups -OCH3 is 1. The number of hydrogen-bond acceptors (Lipinski definition) is 9. The van der Waals surface area contributed by atoms with Crippen LogP contribution in [0.4, 0.5) is 10.5 Å². The van der Waals surface area contributed by atoms with Crippen molar-refractivity contribution in [1.29, 1.82) is 0 Å². The van der Waals surface area contributed by atoms with E-state index in [9.17, 15) is 4.79 Å². The Bertz CT molecular complexity index is 909. The van der Waals surface area contributed by atoms with Gasteiger partial charge in [-0.1, -0.05) is 32.6 Å². The summed E-state index contributed by atoms with van der Waals surface area (Å²) in [6, 6.07) is 7.09. The first-order valence-electron chi connectivity index (χ1n) is 15.0. The van der Waals surface area contributed by atoms with Gasteiger partial charge in [0, 0.05) is 31.9 Å². The second-order valence-electron chi connectivity index (χ2n) is 11.5. The third-order valence-electron chi connectivity index (χ3n) is 7.70. The Labute approximate surface area is 239 Å². The molecule has 4 rings (SSSR count). The van der Waals surface area contributed by atoms with Gasteiger partial charge in [0.15, 0.2) is 18.0 Å². The maximum Gasteiger partial charge on any atom is 0.412 e. The number of fused-ring (bicyclic) bond motifs is 1. The number of anilines is 1. The number of carbonyl (C=O) groups excluding carboxylic acids is 1. The fraction of sp³-hybridized carbons (Fsp3) is 0.767. The lowest BCUT2D eigenvalue weighted by Crippen LogP contribution is -2.46. The molecule has 0 spiro atoms. The molecule has 0 unspecified atom stereocenters. The van der Waals surface area contributed by atoms with E-state index in [2.05, 4.69) is 22.5 Å². The van der Waals surface area contributed by atoms with E-state index >= 15 is 0 Å². The van der Waals surface area contributed by atoms with Gasteiger partial charge in [0.1, 0.15) is 18.5 Å². The Kier molecular flexibility index (Phi) is 11.5. The first kappa shape index (κ1) is 31.0. The second kappa shape index (κ2) is 14.8. The van der Waals surface area contributed by atoms with Crippen molar-refractivity contribution in [2.24, 2.45) is 0 Å². The highest BCUT2D eigenvalue weighted by Gasteiger charge is 2.66. The van der Waals surface area contributed by atoms with E-state index < -0.39 is 36.0 Å². The number of benzene rings is 1. The topological polar surface area (TPSA) is 99.8 Å². The van der Waals surface area contributed by atoms with E-state index in [1.54, 1.807) is 31.4 Å². The first-order chi connectivity index (χ1) is 19.3. The predicted octanol–water partition coefficient (Wildman–Crippen LogP) is 4.53. The van der Waals surface area contributed by atoms with Crippen molar-refractivity contribution in [1.82, 2.24) is 10.2 Å². The number of likely N-dealkylation sites (tertiary alicyclic amines) is 1. The quantitative estimate of drug-likeness (QED) is 0.281. The summed E-state index contributed by atoms with van der Waals surface area (Å²) < 4.78 is 36.5. The number of rotatable bonds is 16. The molecule has 3 fully saturated rings.